The van der Waals surface area contributed by atoms with Crippen molar-refractivity contribution in [2.24, 2.45) is 0 Å². The van der Waals surface area contributed by atoms with E-state index in [2.05, 4.69) is 14.8 Å². The maximum Gasteiger partial charge on any atom is 0.344 e. The molecule has 2 aliphatic heterocycles. The Balaban J connectivity index is 1.16. The Hall–Kier alpha value is -3.08. The summed E-state index contributed by atoms with van der Waals surface area (Å²) in [6, 6.07) is 12.4. The summed E-state index contributed by atoms with van der Waals surface area (Å²) < 4.78 is 37.9. The van der Waals surface area contributed by atoms with Crippen LogP contribution in [0.3, 0.4) is 0 Å². The molecule has 1 aliphatic carbocycles. The fraction of sp³-hybridized carbons (Fsp3) is 0.433. The Morgan fingerprint density at radius 2 is 1.67 bits per heavy atom. The number of fused-ring (bicyclic) bond motifs is 2. The van der Waals surface area contributed by atoms with Gasteiger partial charge in [-0.2, -0.15) is 0 Å². The van der Waals surface area contributed by atoms with Gasteiger partial charge in [-0.25, -0.2) is 17.9 Å². The molecule has 1 unspecified atom stereocenters. The minimum absolute atomic E-state index is 0.103. The summed E-state index contributed by atoms with van der Waals surface area (Å²) in [7, 11) is -3.65. The Labute approximate surface area is 254 Å². The topological polar surface area (TPSA) is 119 Å². The second kappa shape index (κ2) is 11.5. The minimum atomic E-state index is -3.65. The fourth-order valence-corrected chi connectivity index (χ4v) is 7.80. The Bertz CT molecular complexity index is 1590. The molecule has 42 heavy (non-hydrogen) atoms. The van der Waals surface area contributed by atoms with Gasteiger partial charge in [0.2, 0.25) is 10.0 Å². The quantitative estimate of drug-likeness (QED) is 0.271. The molecule has 2 saturated heterocycles. The number of nitrogens with one attached hydrogen (secondary N) is 1. The number of piperidine rings is 1. The highest BCUT2D eigenvalue weighted by Gasteiger charge is 2.44. The summed E-state index contributed by atoms with van der Waals surface area (Å²) in [5.41, 5.74) is 2.30. The summed E-state index contributed by atoms with van der Waals surface area (Å²) in [5.74, 6) is -0.563. The van der Waals surface area contributed by atoms with Gasteiger partial charge in [0.05, 0.1) is 15.8 Å². The number of carbonyl (C=O) groups is 2. The van der Waals surface area contributed by atoms with Crippen LogP contribution < -0.4 is 9.62 Å². The molecule has 1 aromatic heterocycles. The van der Waals surface area contributed by atoms with Gasteiger partial charge in [-0.3, -0.25) is 4.79 Å². The molecule has 3 aromatic rings. The number of rotatable bonds is 9. The maximum atomic E-state index is 13.7. The predicted octanol–water partition coefficient (Wildman–Crippen LogP) is 6.35. The number of nitrogens with zero attached hydrogens (tertiary/aromatic N) is 2. The van der Waals surface area contributed by atoms with Gasteiger partial charge in [-0.1, -0.05) is 41.3 Å². The number of sulfonamides is 1. The number of aromatic nitrogens is 1. The number of hydrogen-bond donors (Lipinski definition) is 1. The van der Waals surface area contributed by atoms with Crippen LogP contribution in [0.4, 0.5) is 5.69 Å². The molecule has 0 spiro atoms. The molecule has 2 bridgehead atoms. The fourth-order valence-electron chi connectivity index (χ4n) is 6.18. The molecule has 12 heteroatoms. The van der Waals surface area contributed by atoms with Gasteiger partial charge < -0.3 is 14.2 Å². The molecule has 3 atom stereocenters. The zero-order chi connectivity index (χ0) is 29.6. The lowest BCUT2D eigenvalue weighted by Gasteiger charge is -2.40. The molecule has 1 saturated carbocycles. The number of halogens is 2. The first kappa shape index (κ1) is 29.0. The lowest BCUT2D eigenvalue weighted by molar-refractivity contribution is 0.0202. The molecule has 0 radical (unpaired) electrons. The van der Waals surface area contributed by atoms with Crippen LogP contribution in [-0.4, -0.2) is 49.4 Å². The zero-order valence-electron chi connectivity index (χ0n) is 23.0. The predicted molar refractivity (Wildman–Crippen MR) is 160 cm³/mol. The first-order valence-electron chi connectivity index (χ1n) is 14.2. The Kier molecular flexibility index (Phi) is 7.97. The van der Waals surface area contributed by atoms with Crippen LogP contribution in [-0.2, 0) is 14.8 Å². The number of esters is 1. The molecule has 9 nitrogen and oxygen atoms in total. The van der Waals surface area contributed by atoms with Crippen molar-refractivity contribution >= 4 is 50.8 Å². The summed E-state index contributed by atoms with van der Waals surface area (Å²) >= 11 is 12.9. The van der Waals surface area contributed by atoms with E-state index >= 15 is 0 Å². The zero-order valence-corrected chi connectivity index (χ0v) is 25.3. The van der Waals surface area contributed by atoms with E-state index in [1.165, 1.54) is 0 Å². The van der Waals surface area contributed by atoms with E-state index in [4.69, 9.17) is 32.5 Å². The summed E-state index contributed by atoms with van der Waals surface area (Å²) in [6.45, 7) is 1.74. The molecular weight excluding hydrogens is 601 g/mol. The van der Waals surface area contributed by atoms with E-state index in [1.807, 2.05) is 12.1 Å². The van der Waals surface area contributed by atoms with E-state index in [0.717, 1.165) is 31.4 Å². The number of benzene rings is 2. The smallest absolute Gasteiger partial charge is 0.344 e. The molecule has 3 fully saturated rings. The van der Waals surface area contributed by atoms with Crippen LogP contribution in [0.15, 0.2) is 47.0 Å². The van der Waals surface area contributed by atoms with Crippen molar-refractivity contribution in [3.63, 3.8) is 0 Å². The molecular formula is C30H31Cl2N3O6S. The SMILES string of the molecule is CCCS(=O)(=O)NC(=O)c1ccc(N2[C@@H]3CC[C@H]2CC(OC(=O)c2c(-c4c(Cl)cccc4Cl)noc2C2CC2)C3)cc1. The van der Waals surface area contributed by atoms with E-state index in [-0.39, 0.29) is 35.4 Å². The molecule has 222 valence electrons. The minimum Gasteiger partial charge on any atom is -0.458 e. The molecule has 3 heterocycles. The van der Waals surface area contributed by atoms with Crippen LogP contribution in [0.25, 0.3) is 11.3 Å². The average Bonchev–Trinajstić information content (AvgIpc) is 3.63. The Morgan fingerprint density at radius 3 is 2.26 bits per heavy atom. The van der Waals surface area contributed by atoms with Crippen molar-refractivity contribution in [1.82, 2.24) is 9.88 Å². The summed E-state index contributed by atoms with van der Waals surface area (Å²) in [6.07, 6.45) is 5.21. The van der Waals surface area contributed by atoms with Gasteiger partial charge in [0.15, 0.2) is 5.76 Å². The van der Waals surface area contributed by atoms with Gasteiger partial charge in [0, 0.05) is 47.7 Å². The van der Waals surface area contributed by atoms with E-state index in [9.17, 15) is 18.0 Å². The van der Waals surface area contributed by atoms with E-state index in [1.54, 1.807) is 37.3 Å². The lowest BCUT2D eigenvalue weighted by atomic mass is 9.98. The summed E-state index contributed by atoms with van der Waals surface area (Å²) in [4.78, 5) is 28.4. The van der Waals surface area contributed by atoms with Gasteiger partial charge >= 0.3 is 5.97 Å². The van der Waals surface area contributed by atoms with E-state index in [0.29, 0.717) is 51.9 Å². The van der Waals surface area contributed by atoms with Crippen LogP contribution in [0.5, 0.6) is 0 Å². The molecule has 2 aromatic carbocycles. The number of hydrogen-bond acceptors (Lipinski definition) is 8. The third kappa shape index (κ3) is 5.76. The van der Waals surface area contributed by atoms with Crippen LogP contribution in [0.1, 0.15) is 84.3 Å². The largest absolute Gasteiger partial charge is 0.458 e. The first-order valence-corrected chi connectivity index (χ1v) is 16.6. The van der Waals surface area contributed by atoms with Crippen molar-refractivity contribution in [3.05, 3.63) is 69.4 Å². The van der Waals surface area contributed by atoms with Gasteiger partial charge in [0.1, 0.15) is 17.4 Å². The number of carbonyl (C=O) groups excluding carboxylic acids is 2. The van der Waals surface area contributed by atoms with Crippen LogP contribution >= 0.6 is 23.2 Å². The average molecular weight is 633 g/mol. The van der Waals surface area contributed by atoms with Gasteiger partial charge in [0.25, 0.3) is 5.91 Å². The molecule has 6 rings (SSSR count). The van der Waals surface area contributed by atoms with Crippen LogP contribution in [0.2, 0.25) is 10.0 Å². The second-order valence-corrected chi connectivity index (χ2v) is 13.9. The third-order valence-corrected chi connectivity index (χ3v) is 10.3. The van der Waals surface area contributed by atoms with E-state index < -0.39 is 21.9 Å². The summed E-state index contributed by atoms with van der Waals surface area (Å²) in [5, 5.41) is 4.97. The monoisotopic (exact) mass is 631 g/mol. The third-order valence-electron chi connectivity index (χ3n) is 8.18. The highest BCUT2D eigenvalue weighted by Crippen LogP contribution is 2.47. The van der Waals surface area contributed by atoms with Gasteiger partial charge in [-0.15, -0.1) is 0 Å². The maximum absolute atomic E-state index is 13.7. The molecule has 3 aliphatic rings. The van der Waals surface area contributed by atoms with Crippen molar-refractivity contribution in [2.75, 3.05) is 10.7 Å². The second-order valence-electron chi connectivity index (χ2n) is 11.2. The Morgan fingerprint density at radius 1 is 1.02 bits per heavy atom. The van der Waals surface area contributed by atoms with Crippen molar-refractivity contribution in [2.45, 2.75) is 76.0 Å². The highest BCUT2D eigenvalue weighted by molar-refractivity contribution is 7.90. The van der Waals surface area contributed by atoms with Crippen LogP contribution in [0, 0.1) is 0 Å². The number of anilines is 1. The number of amides is 1. The lowest BCUT2D eigenvalue weighted by Crippen LogP contribution is -2.46. The van der Waals surface area contributed by atoms with Gasteiger partial charge in [-0.05, 0) is 68.5 Å². The first-order chi connectivity index (χ1) is 20.1. The van der Waals surface area contributed by atoms with Crippen molar-refractivity contribution < 1.29 is 27.3 Å². The highest BCUT2D eigenvalue weighted by atomic mass is 35.5. The normalized spacial score (nSPS) is 21.8. The van der Waals surface area contributed by atoms with Crippen molar-refractivity contribution in [3.8, 4) is 11.3 Å². The number of ether oxygens (including phenoxy) is 1. The molecule has 1 amide bonds. The van der Waals surface area contributed by atoms with Crippen molar-refractivity contribution in [1.29, 1.82) is 0 Å². The molecule has 1 N–H and O–H groups in total. The standard InChI is InChI=1S/C30H31Cl2N3O6S/c1-2-14-42(38,39)34-29(36)18-8-10-19(11-9-18)35-20-12-13-21(35)16-22(15-20)40-30(37)26-27(33-41-28(26)17-6-7-17)25-23(31)4-3-5-24(25)32/h3-5,8-11,17,20-22H,2,6-7,12-16H2,1H3,(H,34,36)/t20-,21+,22?.